The van der Waals surface area contributed by atoms with Crippen LogP contribution >= 0.6 is 0 Å². The molecule has 0 aromatic rings. The van der Waals surface area contributed by atoms with E-state index >= 15 is 0 Å². The van der Waals surface area contributed by atoms with Crippen LogP contribution in [0.1, 0.15) is 40.5 Å². The van der Waals surface area contributed by atoms with Crippen molar-refractivity contribution in [3.8, 4) is 6.07 Å². The number of nitrogens with zero attached hydrogens (tertiary/aromatic N) is 2. The van der Waals surface area contributed by atoms with E-state index in [4.69, 9.17) is 0 Å². The highest BCUT2D eigenvalue weighted by atomic mass is 16.2. The van der Waals surface area contributed by atoms with Gasteiger partial charge in [-0.2, -0.15) is 5.26 Å². The SMILES string of the molecule is CC[C@]1(C)C(=O)C(C#N)=C[C@@]2(C)CN(C(C)=O)CC[C@H]21. The zero-order valence-electron chi connectivity index (χ0n) is 12.7. The minimum absolute atomic E-state index is 0.0266. The number of amides is 1. The van der Waals surface area contributed by atoms with E-state index in [1.54, 1.807) is 6.92 Å². The number of hydrogen-bond donors (Lipinski definition) is 0. The van der Waals surface area contributed by atoms with E-state index in [0.29, 0.717) is 13.1 Å². The highest BCUT2D eigenvalue weighted by molar-refractivity contribution is 6.04. The molecule has 0 saturated carbocycles. The maximum atomic E-state index is 12.6. The fraction of sp³-hybridized carbons (Fsp3) is 0.688. The molecule has 1 aliphatic carbocycles. The standard InChI is InChI=1S/C16H22N2O2/c1-5-16(4)13-6-7-18(11(2)19)10-15(13,3)8-12(9-17)14(16)20/h8,13H,5-7,10H2,1-4H3/t13-,15+,16+/m1/s1. The van der Waals surface area contributed by atoms with Crippen molar-refractivity contribution in [1.82, 2.24) is 4.90 Å². The topological polar surface area (TPSA) is 61.2 Å². The normalized spacial score (nSPS) is 37.0. The summed E-state index contributed by atoms with van der Waals surface area (Å²) in [6.07, 6.45) is 3.36. The molecule has 4 nitrogen and oxygen atoms in total. The van der Waals surface area contributed by atoms with Crippen LogP contribution in [0, 0.1) is 28.1 Å². The first kappa shape index (κ1) is 14.8. The minimum Gasteiger partial charge on any atom is -0.342 e. The fourth-order valence-corrected chi connectivity index (χ4v) is 4.03. The molecule has 0 unspecified atom stereocenters. The molecule has 1 amide bonds. The summed E-state index contributed by atoms with van der Waals surface area (Å²) in [4.78, 5) is 26.0. The Hall–Kier alpha value is -1.63. The number of nitriles is 1. The molecule has 0 spiro atoms. The smallest absolute Gasteiger partial charge is 0.219 e. The molecule has 0 bridgehead atoms. The summed E-state index contributed by atoms with van der Waals surface area (Å²) in [5, 5.41) is 9.25. The number of hydrogen-bond acceptors (Lipinski definition) is 3. The Balaban J connectivity index is 2.50. The van der Waals surface area contributed by atoms with Gasteiger partial charge in [0.05, 0.1) is 5.57 Å². The number of rotatable bonds is 1. The molecular weight excluding hydrogens is 252 g/mol. The Morgan fingerprint density at radius 1 is 1.55 bits per heavy atom. The number of fused-ring (bicyclic) bond motifs is 1. The van der Waals surface area contributed by atoms with Crippen molar-refractivity contribution in [2.45, 2.75) is 40.5 Å². The summed E-state index contributed by atoms with van der Waals surface area (Å²) in [7, 11) is 0. The minimum atomic E-state index is -0.489. The van der Waals surface area contributed by atoms with Gasteiger partial charge in [-0.25, -0.2) is 0 Å². The van der Waals surface area contributed by atoms with Gasteiger partial charge in [-0.3, -0.25) is 9.59 Å². The lowest BCUT2D eigenvalue weighted by Gasteiger charge is -2.53. The number of Topliss-reactive ketones (excluding diaryl/α,β-unsaturated/α-hetero) is 1. The first-order valence-corrected chi connectivity index (χ1v) is 7.22. The first-order valence-electron chi connectivity index (χ1n) is 7.22. The van der Waals surface area contributed by atoms with Gasteiger partial charge in [0.15, 0.2) is 5.78 Å². The third-order valence-corrected chi connectivity index (χ3v) is 5.32. The quantitative estimate of drug-likeness (QED) is 0.737. The van der Waals surface area contributed by atoms with E-state index in [1.807, 2.05) is 24.8 Å². The van der Waals surface area contributed by atoms with Gasteiger partial charge in [-0.15, -0.1) is 0 Å². The highest BCUT2D eigenvalue weighted by Gasteiger charge is 2.54. The van der Waals surface area contributed by atoms with E-state index in [1.165, 1.54) is 0 Å². The van der Waals surface area contributed by atoms with Crippen molar-refractivity contribution in [3.05, 3.63) is 11.6 Å². The molecule has 2 rings (SSSR count). The Bertz CT molecular complexity index is 531. The van der Waals surface area contributed by atoms with Crippen LogP contribution < -0.4 is 0 Å². The molecule has 1 aliphatic heterocycles. The molecule has 1 saturated heterocycles. The van der Waals surface area contributed by atoms with Crippen molar-refractivity contribution < 1.29 is 9.59 Å². The van der Waals surface area contributed by atoms with Crippen molar-refractivity contribution >= 4 is 11.7 Å². The van der Waals surface area contributed by atoms with Crippen LogP contribution in [0.4, 0.5) is 0 Å². The van der Waals surface area contributed by atoms with Crippen molar-refractivity contribution in [2.24, 2.45) is 16.7 Å². The molecule has 0 aromatic carbocycles. The van der Waals surface area contributed by atoms with Gasteiger partial charge < -0.3 is 4.90 Å². The Morgan fingerprint density at radius 3 is 2.70 bits per heavy atom. The fourth-order valence-electron chi connectivity index (χ4n) is 4.03. The van der Waals surface area contributed by atoms with Gasteiger partial charge in [0.2, 0.25) is 5.91 Å². The van der Waals surface area contributed by atoms with Gasteiger partial charge in [-0.1, -0.05) is 26.8 Å². The highest BCUT2D eigenvalue weighted by Crippen LogP contribution is 2.53. The molecule has 2 aliphatic rings. The van der Waals surface area contributed by atoms with Crippen LogP contribution in [0.25, 0.3) is 0 Å². The zero-order valence-corrected chi connectivity index (χ0v) is 12.7. The second-order valence-corrected chi connectivity index (χ2v) is 6.56. The molecular formula is C16H22N2O2. The predicted molar refractivity (Wildman–Crippen MR) is 75.6 cm³/mol. The van der Waals surface area contributed by atoms with E-state index in [-0.39, 0.29) is 28.6 Å². The number of carbonyl (C=O) groups is 2. The molecule has 0 radical (unpaired) electrons. The van der Waals surface area contributed by atoms with Gasteiger partial charge in [-0.05, 0) is 18.8 Å². The lowest BCUT2D eigenvalue weighted by atomic mass is 9.53. The first-order chi connectivity index (χ1) is 9.28. The number of piperidine rings is 1. The van der Waals surface area contributed by atoms with E-state index in [0.717, 1.165) is 12.8 Å². The average molecular weight is 274 g/mol. The maximum Gasteiger partial charge on any atom is 0.219 e. The molecule has 20 heavy (non-hydrogen) atoms. The largest absolute Gasteiger partial charge is 0.342 e. The summed E-state index contributed by atoms with van der Waals surface area (Å²) < 4.78 is 0. The summed E-state index contributed by atoms with van der Waals surface area (Å²) in [5.41, 5.74) is -0.510. The third kappa shape index (κ3) is 1.96. The summed E-state index contributed by atoms with van der Waals surface area (Å²) in [5.74, 6) is 0.230. The molecule has 3 atom stereocenters. The number of ketones is 1. The summed E-state index contributed by atoms with van der Waals surface area (Å²) in [6, 6.07) is 2.05. The number of allylic oxidation sites excluding steroid dienone is 1. The summed E-state index contributed by atoms with van der Waals surface area (Å²) >= 11 is 0. The van der Waals surface area contributed by atoms with Gasteiger partial charge in [0, 0.05) is 30.8 Å². The number of carbonyl (C=O) groups excluding carboxylic acids is 2. The van der Waals surface area contributed by atoms with Gasteiger partial charge in [0.25, 0.3) is 0 Å². The maximum absolute atomic E-state index is 12.6. The molecule has 4 heteroatoms. The summed E-state index contributed by atoms with van der Waals surface area (Å²) in [6.45, 7) is 8.94. The van der Waals surface area contributed by atoms with Crippen molar-refractivity contribution in [1.29, 1.82) is 5.26 Å². The van der Waals surface area contributed by atoms with Crippen LogP contribution in [0.5, 0.6) is 0 Å². The van der Waals surface area contributed by atoms with Crippen LogP contribution in [-0.2, 0) is 9.59 Å². The predicted octanol–water partition coefficient (Wildman–Crippen LogP) is 2.31. The van der Waals surface area contributed by atoms with Crippen LogP contribution in [0.15, 0.2) is 11.6 Å². The zero-order chi connectivity index (χ0) is 15.1. The molecule has 0 aromatic heterocycles. The van der Waals surface area contributed by atoms with Crippen LogP contribution in [0.3, 0.4) is 0 Å². The Kier molecular flexibility index (Phi) is 3.49. The van der Waals surface area contributed by atoms with Crippen LogP contribution in [-0.4, -0.2) is 29.7 Å². The second kappa shape index (κ2) is 4.73. The number of likely N-dealkylation sites (tertiary alicyclic amines) is 1. The van der Waals surface area contributed by atoms with E-state index < -0.39 is 5.41 Å². The van der Waals surface area contributed by atoms with E-state index in [9.17, 15) is 14.9 Å². The Morgan fingerprint density at radius 2 is 2.20 bits per heavy atom. The molecule has 1 heterocycles. The monoisotopic (exact) mass is 274 g/mol. The molecule has 0 N–H and O–H groups in total. The van der Waals surface area contributed by atoms with Gasteiger partial charge >= 0.3 is 0 Å². The average Bonchev–Trinajstić information content (AvgIpc) is 2.42. The lowest BCUT2D eigenvalue weighted by Crippen LogP contribution is -2.57. The molecule has 108 valence electrons. The van der Waals surface area contributed by atoms with Gasteiger partial charge in [0.1, 0.15) is 6.07 Å². The molecule has 1 fully saturated rings. The lowest BCUT2D eigenvalue weighted by molar-refractivity contribution is -0.140. The third-order valence-electron chi connectivity index (χ3n) is 5.32. The second-order valence-electron chi connectivity index (χ2n) is 6.56. The Labute approximate surface area is 120 Å². The van der Waals surface area contributed by atoms with E-state index in [2.05, 4.69) is 13.0 Å². The van der Waals surface area contributed by atoms with Crippen molar-refractivity contribution in [3.63, 3.8) is 0 Å². The van der Waals surface area contributed by atoms with Crippen molar-refractivity contribution in [2.75, 3.05) is 13.1 Å². The van der Waals surface area contributed by atoms with Crippen LogP contribution in [0.2, 0.25) is 0 Å².